The number of esters is 1. The smallest absolute Gasteiger partial charge is 0.316 e. The van der Waals surface area contributed by atoms with E-state index in [0.717, 1.165) is 16.7 Å². The molecule has 2 aliphatic rings. The number of rotatable bonds is 24. The van der Waals surface area contributed by atoms with Crippen LogP contribution in [0.15, 0.2) is 78.9 Å². The van der Waals surface area contributed by atoms with E-state index < -0.39 is 69.0 Å². The lowest BCUT2D eigenvalue weighted by atomic mass is 9.93. The molecular weight excluding hydrogens is 971 g/mol. The van der Waals surface area contributed by atoms with E-state index in [1.54, 1.807) is 45.9 Å². The Kier molecular flexibility index (Phi) is 22.2. The van der Waals surface area contributed by atoms with Gasteiger partial charge in [0.2, 0.25) is 17.7 Å². The lowest BCUT2D eigenvalue weighted by molar-refractivity contribution is -0.940. The number of carbonyl (C=O) groups is 7. The molecule has 2 saturated heterocycles. The molecule has 406 valence electrons. The predicted molar refractivity (Wildman–Crippen MR) is 277 cm³/mol. The van der Waals surface area contributed by atoms with Gasteiger partial charge in [-0.3, -0.25) is 33.6 Å². The summed E-state index contributed by atoms with van der Waals surface area (Å²) in [4.78, 5) is 96.6. The highest BCUT2D eigenvalue weighted by molar-refractivity contribution is 7.84. The Morgan fingerprint density at radius 3 is 1.76 bits per heavy atom. The molecule has 0 spiro atoms. The number of morpholine rings is 1. The van der Waals surface area contributed by atoms with Gasteiger partial charge in [0, 0.05) is 18.2 Å². The molecule has 2 heterocycles. The number of carbonyl (C=O) groups excluding carboxylic acids is 7. The summed E-state index contributed by atoms with van der Waals surface area (Å²) in [6, 6.07) is 19.9. The third kappa shape index (κ3) is 20.5. The molecule has 4 amide bonds. The van der Waals surface area contributed by atoms with E-state index in [2.05, 4.69) is 21.3 Å². The van der Waals surface area contributed by atoms with Gasteiger partial charge < -0.3 is 44.5 Å². The first-order chi connectivity index (χ1) is 34.6. The van der Waals surface area contributed by atoms with Crippen molar-refractivity contribution < 1.29 is 65.2 Å². The first kappa shape index (κ1) is 60.7. The lowest BCUT2D eigenvalue weighted by Gasteiger charge is -2.41. The lowest BCUT2D eigenvalue weighted by Crippen LogP contribution is -2.61. The first-order valence-electron chi connectivity index (χ1n) is 25.2. The number of aryl methyl sites for hydroxylation is 1. The summed E-state index contributed by atoms with van der Waals surface area (Å²) in [6.45, 7) is 18.5. The van der Waals surface area contributed by atoms with Crippen molar-refractivity contribution in [1.82, 2.24) is 21.3 Å². The number of benzene rings is 3. The van der Waals surface area contributed by atoms with Crippen molar-refractivity contribution in [3.8, 4) is 5.75 Å². The molecule has 5 rings (SSSR count). The topological polar surface area (TPSA) is 256 Å². The molecule has 2 fully saturated rings. The minimum atomic E-state index is -3.92. The Balaban J connectivity index is 0.00000226. The van der Waals surface area contributed by atoms with E-state index in [0.29, 0.717) is 51.9 Å². The van der Waals surface area contributed by atoms with Gasteiger partial charge in [-0.1, -0.05) is 88.4 Å². The molecule has 4 unspecified atom stereocenters. The molecule has 0 aromatic heterocycles. The van der Waals surface area contributed by atoms with Crippen molar-refractivity contribution >= 4 is 51.3 Å². The standard InChI is InChI=1S/C54H73N5O10.CH4O3S/c1-35(2)28-43(48(62)54(9)34-68-54)56-51(65)45(31-39-18-14-11-15-19-39)58-50(64)44(29-36(3)4)57-49(63)42(22-20-38-16-12-10-13-17-38)55-47(61)33-59(24-26-67-27-25-59)32-40-21-23-46(41(30-40)37(5)60)69-52(66)53(6,7)8;1-5(2,3)4/h10-19,21,23,30,35-36,42-45H,20,22,24-29,31-34H2,1-9H3,(H3-,55,56,57,58,61,63,64,65);1H3,(H,2,3,4)/t42?,43?,44?,45?,54-;/m1./s1. The van der Waals surface area contributed by atoms with Crippen LogP contribution in [0.3, 0.4) is 0 Å². The maximum atomic E-state index is 14.5. The molecule has 5 atom stereocenters. The molecule has 0 bridgehead atoms. The quantitative estimate of drug-likeness (QED) is 0.0239. The summed E-state index contributed by atoms with van der Waals surface area (Å²) in [5, 5.41) is 11.8. The van der Waals surface area contributed by atoms with Gasteiger partial charge in [0.1, 0.15) is 49.1 Å². The van der Waals surface area contributed by atoms with Crippen molar-refractivity contribution in [2.24, 2.45) is 17.3 Å². The highest BCUT2D eigenvalue weighted by Gasteiger charge is 2.50. The summed E-state index contributed by atoms with van der Waals surface area (Å²) in [5.74, 6) is -2.81. The second-order valence-corrected chi connectivity index (χ2v) is 23.0. The molecule has 3 aromatic carbocycles. The average molecular weight is 1050 g/mol. The van der Waals surface area contributed by atoms with E-state index in [1.165, 1.54) is 6.92 Å². The third-order valence-corrected chi connectivity index (χ3v) is 12.6. The normalized spacial score (nSPS) is 17.8. The number of ether oxygens (including phenoxy) is 3. The van der Waals surface area contributed by atoms with Gasteiger partial charge in [-0.05, 0) is 101 Å². The maximum Gasteiger partial charge on any atom is 0.316 e. The van der Waals surface area contributed by atoms with E-state index in [1.807, 2.05) is 88.4 Å². The summed E-state index contributed by atoms with van der Waals surface area (Å²) < 4.78 is 44.3. The minimum Gasteiger partial charge on any atom is -0.748 e. The number of Topliss-reactive ketones (excluding diaryl/α,β-unsaturated/α-hetero) is 2. The molecule has 74 heavy (non-hydrogen) atoms. The van der Waals surface area contributed by atoms with Crippen molar-refractivity contribution in [2.75, 3.05) is 45.7 Å². The van der Waals surface area contributed by atoms with Crippen molar-refractivity contribution in [3.63, 3.8) is 0 Å². The Morgan fingerprint density at radius 2 is 1.23 bits per heavy atom. The Hall–Kier alpha value is -5.86. The van der Waals surface area contributed by atoms with Crippen molar-refractivity contribution in [3.05, 3.63) is 101 Å². The largest absolute Gasteiger partial charge is 0.748 e. The van der Waals surface area contributed by atoms with E-state index in [-0.39, 0.29) is 77.5 Å². The Morgan fingerprint density at radius 1 is 0.730 bits per heavy atom. The number of hydrogen-bond acceptors (Lipinski definition) is 13. The van der Waals surface area contributed by atoms with Crippen molar-refractivity contribution in [1.29, 1.82) is 0 Å². The second-order valence-electron chi connectivity index (χ2n) is 21.6. The molecular formula is C55H77N5O13S. The molecule has 3 aromatic rings. The molecule has 4 N–H and O–H groups in total. The van der Waals surface area contributed by atoms with Crippen LogP contribution in [0.2, 0.25) is 0 Å². The molecule has 0 aliphatic carbocycles. The zero-order chi connectivity index (χ0) is 55.0. The SMILES string of the molecule is CC(=O)c1cc(C[N+]2(CC(=O)NC(CCc3ccccc3)C(=O)NC(CC(C)C)C(=O)NC(Cc3ccccc3)C(=O)NC(CC(C)C)C(=O)[C@@]3(C)CO3)CCOCC2)ccc1OC(=O)C(C)(C)C.CS(=O)(=O)[O-]. The Labute approximate surface area is 436 Å². The summed E-state index contributed by atoms with van der Waals surface area (Å²) in [6.07, 6.45) is 2.03. The number of hydrogen-bond donors (Lipinski definition) is 4. The van der Waals surface area contributed by atoms with Gasteiger partial charge in [-0.25, -0.2) is 8.42 Å². The van der Waals surface area contributed by atoms with Crippen LogP contribution in [-0.2, 0) is 67.7 Å². The molecule has 18 nitrogen and oxygen atoms in total. The molecule has 0 saturated carbocycles. The highest BCUT2D eigenvalue weighted by Crippen LogP contribution is 2.30. The van der Waals surface area contributed by atoms with Gasteiger partial charge in [0.25, 0.3) is 5.91 Å². The average Bonchev–Trinajstić information content (AvgIpc) is 4.07. The highest BCUT2D eigenvalue weighted by atomic mass is 32.2. The second kappa shape index (κ2) is 27.1. The monoisotopic (exact) mass is 1050 g/mol. The van der Waals surface area contributed by atoms with Crippen LogP contribution in [0.5, 0.6) is 5.75 Å². The van der Waals surface area contributed by atoms with Gasteiger partial charge in [-0.15, -0.1) is 0 Å². The first-order valence-corrected chi connectivity index (χ1v) is 27.0. The van der Waals surface area contributed by atoms with Crippen LogP contribution in [0.4, 0.5) is 0 Å². The fraction of sp³-hybridized carbons (Fsp3) is 0.545. The molecule has 19 heteroatoms. The summed E-state index contributed by atoms with van der Waals surface area (Å²) in [5.41, 5.74) is 1.02. The predicted octanol–water partition coefficient (Wildman–Crippen LogP) is 4.61. The fourth-order valence-electron chi connectivity index (χ4n) is 8.45. The third-order valence-electron chi connectivity index (χ3n) is 12.6. The number of ketones is 2. The van der Waals surface area contributed by atoms with Crippen LogP contribution < -0.4 is 26.0 Å². The van der Waals surface area contributed by atoms with Crippen LogP contribution in [0.25, 0.3) is 0 Å². The van der Waals surface area contributed by atoms with Crippen LogP contribution >= 0.6 is 0 Å². The van der Waals surface area contributed by atoms with Crippen molar-refractivity contribution in [2.45, 2.75) is 131 Å². The zero-order valence-electron chi connectivity index (χ0n) is 44.6. The van der Waals surface area contributed by atoms with Crippen LogP contribution in [-0.4, -0.2) is 134 Å². The van der Waals surface area contributed by atoms with Gasteiger partial charge in [-0.2, -0.15) is 0 Å². The molecule has 0 radical (unpaired) electrons. The minimum absolute atomic E-state index is 0.00753. The Bertz CT molecular complexity index is 2510. The summed E-state index contributed by atoms with van der Waals surface area (Å²) >= 11 is 0. The van der Waals surface area contributed by atoms with Gasteiger partial charge in [0.05, 0.1) is 47.0 Å². The number of amides is 4. The van der Waals surface area contributed by atoms with Crippen LogP contribution in [0, 0.1) is 17.3 Å². The van der Waals surface area contributed by atoms with E-state index in [4.69, 9.17) is 27.2 Å². The van der Waals surface area contributed by atoms with Gasteiger partial charge >= 0.3 is 5.97 Å². The van der Waals surface area contributed by atoms with E-state index >= 15 is 0 Å². The number of nitrogens with zero attached hydrogens (tertiary/aromatic N) is 1. The number of epoxide rings is 1. The van der Waals surface area contributed by atoms with Crippen LogP contribution in [0.1, 0.15) is 109 Å². The molecule has 2 aliphatic heterocycles. The number of nitrogens with one attached hydrogen (secondary N) is 4. The van der Waals surface area contributed by atoms with Gasteiger partial charge in [0.15, 0.2) is 18.1 Å². The zero-order valence-corrected chi connectivity index (χ0v) is 45.4. The van der Waals surface area contributed by atoms with E-state index in [9.17, 15) is 33.6 Å². The maximum absolute atomic E-state index is 14.5. The fourth-order valence-corrected chi connectivity index (χ4v) is 8.45. The summed E-state index contributed by atoms with van der Waals surface area (Å²) in [7, 11) is -3.92. The number of quaternary nitrogens is 1.